The standard InChI is InChI=1S/C23H29N3O2/c27-22-11-3-4-13-25(22)14-6-12-23(28)26-17-15-24(16-18-26)21-10-5-8-19-7-1-2-9-20(19)21/h1-2,5,7-10H,3-4,6,11-18H2. The first kappa shape index (κ1) is 18.8. The van der Waals surface area contributed by atoms with Crippen LogP contribution in [0.3, 0.4) is 0 Å². The average molecular weight is 380 g/mol. The molecule has 2 heterocycles. The van der Waals surface area contributed by atoms with Crippen molar-refractivity contribution >= 4 is 28.3 Å². The second-order valence-corrected chi connectivity index (χ2v) is 7.81. The van der Waals surface area contributed by atoms with Gasteiger partial charge in [0.1, 0.15) is 0 Å². The Labute approximate surface area is 166 Å². The summed E-state index contributed by atoms with van der Waals surface area (Å²) in [6.45, 7) is 4.85. The fourth-order valence-electron chi connectivity index (χ4n) is 4.36. The molecular formula is C23H29N3O2. The molecule has 28 heavy (non-hydrogen) atoms. The molecule has 2 aliphatic heterocycles. The number of piperidine rings is 1. The van der Waals surface area contributed by atoms with Crippen LogP contribution in [0.15, 0.2) is 42.5 Å². The van der Waals surface area contributed by atoms with Gasteiger partial charge in [-0.25, -0.2) is 0 Å². The molecule has 5 nitrogen and oxygen atoms in total. The van der Waals surface area contributed by atoms with E-state index in [1.165, 1.54) is 16.5 Å². The Balaban J connectivity index is 1.28. The third-order valence-electron chi connectivity index (χ3n) is 5.98. The van der Waals surface area contributed by atoms with Gasteiger partial charge in [-0.15, -0.1) is 0 Å². The number of carbonyl (C=O) groups is 2. The number of rotatable bonds is 5. The van der Waals surface area contributed by atoms with Crippen molar-refractivity contribution in [1.29, 1.82) is 0 Å². The maximum atomic E-state index is 12.6. The van der Waals surface area contributed by atoms with E-state index in [2.05, 4.69) is 47.4 Å². The average Bonchev–Trinajstić information content (AvgIpc) is 2.75. The minimum absolute atomic E-state index is 0.224. The van der Waals surface area contributed by atoms with Gasteiger partial charge in [-0.2, -0.15) is 0 Å². The Hall–Kier alpha value is -2.56. The molecule has 148 valence electrons. The third-order valence-corrected chi connectivity index (χ3v) is 5.98. The minimum Gasteiger partial charge on any atom is -0.367 e. The molecule has 2 aliphatic rings. The van der Waals surface area contributed by atoms with Crippen molar-refractivity contribution in [2.24, 2.45) is 0 Å². The van der Waals surface area contributed by atoms with Gasteiger partial charge in [0.05, 0.1) is 0 Å². The molecule has 0 bridgehead atoms. The smallest absolute Gasteiger partial charge is 0.222 e. The van der Waals surface area contributed by atoms with Crippen LogP contribution in [0.5, 0.6) is 0 Å². The normalized spacial score (nSPS) is 18.0. The molecule has 0 atom stereocenters. The number of anilines is 1. The fraction of sp³-hybridized carbons (Fsp3) is 0.478. The molecule has 0 saturated carbocycles. The molecule has 0 aromatic heterocycles. The zero-order valence-electron chi connectivity index (χ0n) is 16.5. The van der Waals surface area contributed by atoms with Gasteiger partial charge < -0.3 is 14.7 Å². The number of amides is 2. The van der Waals surface area contributed by atoms with Crippen LogP contribution in [0, 0.1) is 0 Å². The highest BCUT2D eigenvalue weighted by molar-refractivity contribution is 5.94. The molecule has 2 aromatic rings. The maximum absolute atomic E-state index is 12.6. The lowest BCUT2D eigenvalue weighted by atomic mass is 10.1. The largest absolute Gasteiger partial charge is 0.367 e. The topological polar surface area (TPSA) is 43.9 Å². The summed E-state index contributed by atoms with van der Waals surface area (Å²) < 4.78 is 0. The van der Waals surface area contributed by atoms with E-state index in [1.54, 1.807) is 0 Å². The number of likely N-dealkylation sites (tertiary alicyclic amines) is 1. The quantitative estimate of drug-likeness (QED) is 0.801. The van der Waals surface area contributed by atoms with E-state index in [1.807, 2.05) is 9.80 Å². The van der Waals surface area contributed by atoms with Crippen LogP contribution in [0.4, 0.5) is 5.69 Å². The van der Waals surface area contributed by atoms with Crippen molar-refractivity contribution in [2.45, 2.75) is 32.1 Å². The van der Waals surface area contributed by atoms with Crippen molar-refractivity contribution in [2.75, 3.05) is 44.2 Å². The highest BCUT2D eigenvalue weighted by Crippen LogP contribution is 2.27. The van der Waals surface area contributed by atoms with Crippen LogP contribution < -0.4 is 4.90 Å². The summed E-state index contributed by atoms with van der Waals surface area (Å²) in [6, 6.07) is 14.9. The number of fused-ring (bicyclic) bond motifs is 1. The highest BCUT2D eigenvalue weighted by Gasteiger charge is 2.23. The highest BCUT2D eigenvalue weighted by atomic mass is 16.2. The molecule has 2 aromatic carbocycles. The first-order valence-electron chi connectivity index (χ1n) is 10.5. The number of benzene rings is 2. The molecule has 0 aliphatic carbocycles. The number of hydrogen-bond acceptors (Lipinski definition) is 3. The summed E-state index contributed by atoms with van der Waals surface area (Å²) >= 11 is 0. The fourth-order valence-corrected chi connectivity index (χ4v) is 4.36. The predicted octanol–water partition coefficient (Wildman–Crippen LogP) is 3.28. The van der Waals surface area contributed by atoms with Crippen molar-refractivity contribution in [1.82, 2.24) is 9.80 Å². The van der Waals surface area contributed by atoms with Crippen LogP contribution in [0.25, 0.3) is 10.8 Å². The lowest BCUT2D eigenvalue weighted by Gasteiger charge is -2.37. The number of piperazine rings is 1. The van der Waals surface area contributed by atoms with Crippen molar-refractivity contribution in [3.8, 4) is 0 Å². The van der Waals surface area contributed by atoms with Gasteiger partial charge in [0, 0.05) is 63.2 Å². The van der Waals surface area contributed by atoms with Crippen LogP contribution in [-0.2, 0) is 9.59 Å². The SMILES string of the molecule is O=C1CCCCN1CCCC(=O)N1CCN(c2cccc3ccccc23)CC1. The molecule has 2 amide bonds. The van der Waals surface area contributed by atoms with Gasteiger partial charge in [0.2, 0.25) is 11.8 Å². The van der Waals surface area contributed by atoms with Gasteiger partial charge in [0.15, 0.2) is 0 Å². The molecule has 0 N–H and O–H groups in total. The van der Waals surface area contributed by atoms with Crippen LogP contribution >= 0.6 is 0 Å². The van der Waals surface area contributed by atoms with E-state index < -0.39 is 0 Å². The summed E-state index contributed by atoms with van der Waals surface area (Å²) in [5, 5.41) is 2.53. The molecule has 5 heteroatoms. The Bertz CT molecular complexity index is 837. The zero-order valence-corrected chi connectivity index (χ0v) is 16.5. The molecule has 2 saturated heterocycles. The van der Waals surface area contributed by atoms with E-state index in [0.29, 0.717) is 12.8 Å². The number of carbonyl (C=O) groups excluding carboxylic acids is 2. The van der Waals surface area contributed by atoms with Gasteiger partial charge in [-0.3, -0.25) is 9.59 Å². The van der Waals surface area contributed by atoms with Crippen LogP contribution in [0.1, 0.15) is 32.1 Å². The number of nitrogens with zero attached hydrogens (tertiary/aromatic N) is 3. The van der Waals surface area contributed by atoms with E-state index in [-0.39, 0.29) is 11.8 Å². The predicted molar refractivity (Wildman–Crippen MR) is 112 cm³/mol. The second kappa shape index (κ2) is 8.63. The minimum atomic E-state index is 0.224. The van der Waals surface area contributed by atoms with Crippen molar-refractivity contribution in [3.63, 3.8) is 0 Å². The second-order valence-electron chi connectivity index (χ2n) is 7.81. The first-order chi connectivity index (χ1) is 13.7. The lowest BCUT2D eigenvalue weighted by molar-refractivity contribution is -0.135. The maximum Gasteiger partial charge on any atom is 0.222 e. The Morgan fingerprint density at radius 3 is 2.50 bits per heavy atom. The van der Waals surface area contributed by atoms with Gasteiger partial charge in [0.25, 0.3) is 0 Å². The molecule has 4 rings (SSSR count). The zero-order chi connectivity index (χ0) is 19.3. The lowest BCUT2D eigenvalue weighted by Crippen LogP contribution is -2.49. The van der Waals surface area contributed by atoms with Gasteiger partial charge in [-0.05, 0) is 30.7 Å². The molecule has 0 spiro atoms. The summed E-state index contributed by atoms with van der Waals surface area (Å²) in [4.78, 5) is 30.7. The Kier molecular flexibility index (Phi) is 5.79. The van der Waals surface area contributed by atoms with Crippen LogP contribution in [0.2, 0.25) is 0 Å². The van der Waals surface area contributed by atoms with Crippen LogP contribution in [-0.4, -0.2) is 60.9 Å². The van der Waals surface area contributed by atoms with E-state index in [4.69, 9.17) is 0 Å². The van der Waals surface area contributed by atoms with E-state index in [0.717, 1.165) is 58.5 Å². The first-order valence-corrected chi connectivity index (χ1v) is 10.5. The molecule has 0 radical (unpaired) electrons. The summed E-state index contributed by atoms with van der Waals surface area (Å²) in [5.41, 5.74) is 1.26. The number of hydrogen-bond donors (Lipinski definition) is 0. The summed E-state index contributed by atoms with van der Waals surface area (Å²) in [7, 11) is 0. The molecular weight excluding hydrogens is 350 g/mol. The third kappa shape index (κ3) is 4.13. The van der Waals surface area contributed by atoms with Gasteiger partial charge in [-0.1, -0.05) is 36.4 Å². The van der Waals surface area contributed by atoms with Gasteiger partial charge >= 0.3 is 0 Å². The summed E-state index contributed by atoms with van der Waals surface area (Å²) in [6.07, 6.45) is 4.08. The Morgan fingerprint density at radius 1 is 0.893 bits per heavy atom. The van der Waals surface area contributed by atoms with Crippen molar-refractivity contribution < 1.29 is 9.59 Å². The van der Waals surface area contributed by atoms with Crippen molar-refractivity contribution in [3.05, 3.63) is 42.5 Å². The monoisotopic (exact) mass is 379 g/mol. The van der Waals surface area contributed by atoms with E-state index >= 15 is 0 Å². The van der Waals surface area contributed by atoms with E-state index in [9.17, 15) is 9.59 Å². The molecule has 0 unspecified atom stereocenters. The summed E-state index contributed by atoms with van der Waals surface area (Å²) in [5.74, 6) is 0.476. The molecule has 2 fully saturated rings. The Morgan fingerprint density at radius 2 is 1.68 bits per heavy atom.